The van der Waals surface area contributed by atoms with Crippen LogP contribution in [0.3, 0.4) is 0 Å². The van der Waals surface area contributed by atoms with Crippen LogP contribution in [0, 0.1) is 0 Å². The average Bonchev–Trinajstić information content (AvgIpc) is 2.55. The molecule has 1 N–H and O–H groups in total. The molecule has 5 heteroatoms. The number of ether oxygens (including phenoxy) is 2. The second kappa shape index (κ2) is 7.40. The van der Waals surface area contributed by atoms with Crippen molar-refractivity contribution in [3.05, 3.63) is 48.2 Å². The van der Waals surface area contributed by atoms with Crippen LogP contribution in [0.15, 0.2) is 42.6 Å². The van der Waals surface area contributed by atoms with E-state index in [4.69, 9.17) is 9.47 Å². The zero-order chi connectivity index (χ0) is 15.1. The first kappa shape index (κ1) is 15.0. The highest BCUT2D eigenvalue weighted by molar-refractivity contribution is 5.94. The molecule has 5 nitrogen and oxygen atoms in total. The van der Waals surface area contributed by atoms with Crippen molar-refractivity contribution < 1.29 is 14.3 Å². The minimum absolute atomic E-state index is 0.127. The largest absolute Gasteiger partial charge is 0.491 e. The van der Waals surface area contributed by atoms with E-state index in [0.29, 0.717) is 18.8 Å². The molecule has 1 aromatic heterocycles. The van der Waals surface area contributed by atoms with Crippen molar-refractivity contribution in [2.24, 2.45) is 0 Å². The summed E-state index contributed by atoms with van der Waals surface area (Å²) < 4.78 is 10.4. The van der Waals surface area contributed by atoms with Crippen molar-refractivity contribution in [2.45, 2.75) is 0 Å². The Bertz CT molecular complexity index is 597. The first-order valence-corrected chi connectivity index (χ1v) is 6.65. The second-order valence-electron chi connectivity index (χ2n) is 4.37. The molecule has 0 unspecified atom stereocenters. The molecule has 0 spiro atoms. The maximum absolute atomic E-state index is 11.6. The van der Waals surface area contributed by atoms with Crippen molar-refractivity contribution in [3.8, 4) is 17.0 Å². The fraction of sp³-hybridized carbons (Fsp3) is 0.250. The number of nitrogens with one attached hydrogen (secondary N) is 1. The standard InChI is InChI=1S/C16H18N2O3/c1-17-16(19)13-7-8-18-15(11-13)12-3-5-14(6-4-12)21-10-9-20-2/h3-8,11H,9-10H2,1-2H3,(H,17,19). The SMILES string of the molecule is CNC(=O)c1ccnc(-c2ccc(OCCOC)cc2)c1. The Kier molecular flexibility index (Phi) is 5.29. The van der Waals surface area contributed by atoms with Crippen LogP contribution in [-0.2, 0) is 4.74 Å². The number of carbonyl (C=O) groups is 1. The van der Waals surface area contributed by atoms with Gasteiger partial charge in [0.25, 0.3) is 5.91 Å². The normalized spacial score (nSPS) is 10.2. The molecule has 0 aliphatic rings. The minimum atomic E-state index is -0.127. The fourth-order valence-corrected chi connectivity index (χ4v) is 1.84. The van der Waals surface area contributed by atoms with Gasteiger partial charge in [-0.3, -0.25) is 9.78 Å². The van der Waals surface area contributed by atoms with Crippen LogP contribution in [-0.4, -0.2) is 38.3 Å². The minimum Gasteiger partial charge on any atom is -0.491 e. The topological polar surface area (TPSA) is 60.5 Å². The van der Waals surface area contributed by atoms with Crippen LogP contribution in [0.5, 0.6) is 5.75 Å². The van der Waals surface area contributed by atoms with Gasteiger partial charge in [0.1, 0.15) is 12.4 Å². The average molecular weight is 286 g/mol. The predicted molar refractivity (Wildman–Crippen MR) is 80.4 cm³/mol. The number of amides is 1. The van der Waals surface area contributed by atoms with Crippen molar-refractivity contribution in [3.63, 3.8) is 0 Å². The predicted octanol–water partition coefficient (Wildman–Crippen LogP) is 2.13. The fourth-order valence-electron chi connectivity index (χ4n) is 1.84. The van der Waals surface area contributed by atoms with Gasteiger partial charge in [0.15, 0.2) is 0 Å². The van der Waals surface area contributed by atoms with Gasteiger partial charge in [0, 0.05) is 31.5 Å². The van der Waals surface area contributed by atoms with E-state index in [1.165, 1.54) is 0 Å². The molecule has 0 fully saturated rings. The molecule has 0 aliphatic heterocycles. The molecule has 21 heavy (non-hydrogen) atoms. The molecule has 2 aromatic rings. The number of carbonyl (C=O) groups excluding carboxylic acids is 1. The molecule has 0 saturated carbocycles. The molecule has 1 amide bonds. The van der Waals surface area contributed by atoms with Crippen LogP contribution in [0.25, 0.3) is 11.3 Å². The summed E-state index contributed by atoms with van der Waals surface area (Å²) >= 11 is 0. The number of benzene rings is 1. The Hall–Kier alpha value is -2.40. The quantitative estimate of drug-likeness (QED) is 0.826. The summed E-state index contributed by atoms with van der Waals surface area (Å²) in [6.45, 7) is 1.07. The van der Waals surface area contributed by atoms with Crippen molar-refractivity contribution >= 4 is 5.91 Å². The van der Waals surface area contributed by atoms with Crippen LogP contribution in [0.1, 0.15) is 10.4 Å². The summed E-state index contributed by atoms with van der Waals surface area (Å²) in [4.78, 5) is 15.9. The third kappa shape index (κ3) is 4.03. The van der Waals surface area contributed by atoms with Gasteiger partial charge in [0.2, 0.25) is 0 Å². The van der Waals surface area contributed by atoms with Gasteiger partial charge in [0.05, 0.1) is 12.3 Å². The van der Waals surface area contributed by atoms with Crippen molar-refractivity contribution in [2.75, 3.05) is 27.4 Å². The molecule has 0 radical (unpaired) electrons. The summed E-state index contributed by atoms with van der Waals surface area (Å²) in [5.74, 6) is 0.649. The molecule has 110 valence electrons. The Labute approximate surface area is 123 Å². The highest BCUT2D eigenvalue weighted by Crippen LogP contribution is 2.21. The van der Waals surface area contributed by atoms with E-state index < -0.39 is 0 Å². The number of pyridine rings is 1. The lowest BCUT2D eigenvalue weighted by molar-refractivity contribution is 0.0963. The molecule has 0 saturated heterocycles. The first-order valence-electron chi connectivity index (χ1n) is 6.65. The lowest BCUT2D eigenvalue weighted by Crippen LogP contribution is -2.17. The van der Waals surface area contributed by atoms with Gasteiger partial charge < -0.3 is 14.8 Å². The van der Waals surface area contributed by atoms with E-state index in [1.54, 1.807) is 32.5 Å². The van der Waals surface area contributed by atoms with E-state index in [1.807, 2.05) is 24.3 Å². The highest BCUT2D eigenvalue weighted by Gasteiger charge is 2.06. The molecule has 2 rings (SSSR count). The summed E-state index contributed by atoms with van der Waals surface area (Å²) in [6.07, 6.45) is 1.63. The van der Waals surface area contributed by atoms with Crippen LogP contribution < -0.4 is 10.1 Å². The first-order chi connectivity index (χ1) is 10.2. The number of hydrogen-bond acceptors (Lipinski definition) is 4. The van der Waals surface area contributed by atoms with Gasteiger partial charge in [-0.25, -0.2) is 0 Å². The van der Waals surface area contributed by atoms with Crippen LogP contribution in [0.4, 0.5) is 0 Å². The Morgan fingerprint density at radius 3 is 2.62 bits per heavy atom. The maximum atomic E-state index is 11.6. The van der Waals surface area contributed by atoms with Gasteiger partial charge in [-0.15, -0.1) is 0 Å². The van der Waals surface area contributed by atoms with Crippen molar-refractivity contribution in [1.29, 1.82) is 0 Å². The summed E-state index contributed by atoms with van der Waals surface area (Å²) in [5.41, 5.74) is 2.27. The van der Waals surface area contributed by atoms with Crippen molar-refractivity contribution in [1.82, 2.24) is 10.3 Å². The van der Waals surface area contributed by atoms with Gasteiger partial charge in [-0.05, 0) is 36.4 Å². The smallest absolute Gasteiger partial charge is 0.251 e. The number of rotatable bonds is 6. The van der Waals surface area contributed by atoms with Crippen LogP contribution in [0.2, 0.25) is 0 Å². The van der Waals surface area contributed by atoms with Gasteiger partial charge >= 0.3 is 0 Å². The monoisotopic (exact) mass is 286 g/mol. The lowest BCUT2D eigenvalue weighted by atomic mass is 10.1. The third-order valence-corrected chi connectivity index (χ3v) is 2.96. The zero-order valence-corrected chi connectivity index (χ0v) is 12.1. The maximum Gasteiger partial charge on any atom is 0.251 e. The molecule has 1 heterocycles. The van der Waals surface area contributed by atoms with E-state index in [2.05, 4.69) is 10.3 Å². The molecular formula is C16H18N2O3. The molecule has 0 aliphatic carbocycles. The summed E-state index contributed by atoms with van der Waals surface area (Å²) in [7, 11) is 3.24. The van der Waals surface area contributed by atoms with Gasteiger partial charge in [-0.1, -0.05) is 0 Å². The van der Waals surface area contributed by atoms with E-state index in [9.17, 15) is 4.79 Å². The lowest BCUT2D eigenvalue weighted by Gasteiger charge is -2.07. The number of nitrogens with zero attached hydrogens (tertiary/aromatic N) is 1. The van der Waals surface area contributed by atoms with Crippen LogP contribution >= 0.6 is 0 Å². The zero-order valence-electron chi connectivity index (χ0n) is 12.1. The number of methoxy groups -OCH3 is 1. The Balaban J connectivity index is 2.13. The highest BCUT2D eigenvalue weighted by atomic mass is 16.5. The Morgan fingerprint density at radius 1 is 1.19 bits per heavy atom. The summed E-state index contributed by atoms with van der Waals surface area (Å²) in [5, 5.41) is 2.60. The van der Waals surface area contributed by atoms with E-state index in [-0.39, 0.29) is 5.91 Å². The number of hydrogen-bond donors (Lipinski definition) is 1. The van der Waals surface area contributed by atoms with E-state index in [0.717, 1.165) is 17.0 Å². The molecule has 1 aromatic carbocycles. The summed E-state index contributed by atoms with van der Waals surface area (Å²) in [6, 6.07) is 11.0. The molecule has 0 atom stereocenters. The second-order valence-corrected chi connectivity index (χ2v) is 4.37. The molecular weight excluding hydrogens is 268 g/mol. The third-order valence-electron chi connectivity index (χ3n) is 2.96. The Morgan fingerprint density at radius 2 is 1.95 bits per heavy atom. The van der Waals surface area contributed by atoms with Gasteiger partial charge in [-0.2, -0.15) is 0 Å². The molecule has 0 bridgehead atoms. The number of aromatic nitrogens is 1. The van der Waals surface area contributed by atoms with E-state index >= 15 is 0 Å².